The van der Waals surface area contributed by atoms with Crippen LogP contribution in [0.3, 0.4) is 0 Å². The third-order valence-corrected chi connectivity index (χ3v) is 3.32. The number of aromatic nitrogens is 2. The molecule has 1 aliphatic heterocycles. The molecule has 0 radical (unpaired) electrons. The molecule has 112 valence electrons. The van der Waals surface area contributed by atoms with E-state index in [0.29, 0.717) is 11.7 Å². The molecule has 1 aliphatic rings. The van der Waals surface area contributed by atoms with Crippen LogP contribution < -0.4 is 10.1 Å². The Morgan fingerprint density at radius 3 is 2.76 bits per heavy atom. The van der Waals surface area contributed by atoms with Crippen LogP contribution >= 0.6 is 0 Å². The molecule has 21 heavy (non-hydrogen) atoms. The van der Waals surface area contributed by atoms with Gasteiger partial charge >= 0.3 is 6.18 Å². The Morgan fingerprint density at radius 1 is 1.29 bits per heavy atom. The highest BCUT2D eigenvalue weighted by Crippen LogP contribution is 2.32. The Kier molecular flexibility index (Phi) is 3.59. The van der Waals surface area contributed by atoms with E-state index in [1.807, 2.05) is 0 Å². The van der Waals surface area contributed by atoms with Crippen LogP contribution in [0.25, 0.3) is 0 Å². The van der Waals surface area contributed by atoms with Gasteiger partial charge in [0.05, 0.1) is 18.0 Å². The van der Waals surface area contributed by atoms with Crippen LogP contribution in [-0.2, 0) is 12.7 Å². The smallest absolute Gasteiger partial charge is 0.416 e. The molecule has 0 unspecified atom stereocenters. The van der Waals surface area contributed by atoms with E-state index in [0.717, 1.165) is 31.8 Å². The van der Waals surface area contributed by atoms with Gasteiger partial charge in [-0.1, -0.05) is 6.07 Å². The average molecular weight is 297 g/mol. The SMILES string of the molecule is FC(F)(F)c1cccc(Oc2cnn(CC3CNC3)c2)c1. The van der Waals surface area contributed by atoms with Crippen molar-refractivity contribution in [3.63, 3.8) is 0 Å². The molecule has 2 aromatic rings. The molecule has 1 aromatic carbocycles. The van der Waals surface area contributed by atoms with Crippen LogP contribution in [-0.4, -0.2) is 22.9 Å². The number of benzene rings is 1. The summed E-state index contributed by atoms with van der Waals surface area (Å²) in [6, 6.07) is 4.80. The molecule has 1 saturated heterocycles. The summed E-state index contributed by atoms with van der Waals surface area (Å²) in [5, 5.41) is 7.32. The lowest BCUT2D eigenvalue weighted by Gasteiger charge is -2.26. The minimum absolute atomic E-state index is 0.148. The normalized spacial score (nSPS) is 15.8. The number of nitrogens with one attached hydrogen (secondary N) is 1. The monoisotopic (exact) mass is 297 g/mol. The van der Waals surface area contributed by atoms with Crippen molar-refractivity contribution < 1.29 is 17.9 Å². The van der Waals surface area contributed by atoms with Gasteiger partial charge in [0.1, 0.15) is 5.75 Å². The average Bonchev–Trinajstić information content (AvgIpc) is 2.81. The van der Waals surface area contributed by atoms with Crippen molar-refractivity contribution in [2.75, 3.05) is 13.1 Å². The Bertz CT molecular complexity index is 620. The van der Waals surface area contributed by atoms with E-state index in [-0.39, 0.29) is 5.75 Å². The first-order valence-corrected chi connectivity index (χ1v) is 6.59. The summed E-state index contributed by atoms with van der Waals surface area (Å²) in [5.74, 6) is 1.13. The highest BCUT2D eigenvalue weighted by Gasteiger charge is 2.30. The van der Waals surface area contributed by atoms with Crippen LogP contribution in [0.4, 0.5) is 13.2 Å². The summed E-state index contributed by atoms with van der Waals surface area (Å²) in [7, 11) is 0. The van der Waals surface area contributed by atoms with Crippen molar-refractivity contribution in [1.29, 1.82) is 0 Å². The van der Waals surface area contributed by atoms with Gasteiger partial charge in [0.2, 0.25) is 0 Å². The van der Waals surface area contributed by atoms with Gasteiger partial charge in [0.15, 0.2) is 5.75 Å². The maximum absolute atomic E-state index is 12.6. The van der Waals surface area contributed by atoms with Crippen molar-refractivity contribution in [3.8, 4) is 11.5 Å². The lowest BCUT2D eigenvalue weighted by molar-refractivity contribution is -0.137. The Balaban J connectivity index is 1.68. The van der Waals surface area contributed by atoms with Crippen molar-refractivity contribution in [1.82, 2.24) is 15.1 Å². The largest absolute Gasteiger partial charge is 0.454 e. The number of hydrogen-bond donors (Lipinski definition) is 1. The van der Waals surface area contributed by atoms with E-state index in [2.05, 4.69) is 10.4 Å². The summed E-state index contributed by atoms with van der Waals surface area (Å²) in [6.45, 7) is 2.70. The lowest BCUT2D eigenvalue weighted by Crippen LogP contribution is -2.44. The highest BCUT2D eigenvalue weighted by atomic mass is 19.4. The fraction of sp³-hybridized carbons (Fsp3) is 0.357. The van der Waals surface area contributed by atoms with Gasteiger partial charge < -0.3 is 10.1 Å². The first-order chi connectivity index (χ1) is 10.0. The summed E-state index contributed by atoms with van der Waals surface area (Å²) < 4.78 is 45.0. The van der Waals surface area contributed by atoms with E-state index in [1.165, 1.54) is 18.3 Å². The molecule has 0 aliphatic carbocycles. The molecule has 0 amide bonds. The predicted octanol–water partition coefficient (Wildman–Crippen LogP) is 2.91. The second kappa shape index (κ2) is 5.40. The van der Waals surface area contributed by atoms with Crippen LogP contribution in [0, 0.1) is 5.92 Å². The molecule has 0 bridgehead atoms. The van der Waals surface area contributed by atoms with Crippen molar-refractivity contribution in [3.05, 3.63) is 42.2 Å². The van der Waals surface area contributed by atoms with E-state index >= 15 is 0 Å². The molecule has 1 fully saturated rings. The number of hydrogen-bond acceptors (Lipinski definition) is 3. The van der Waals surface area contributed by atoms with Gasteiger partial charge in [0.25, 0.3) is 0 Å². The zero-order chi connectivity index (χ0) is 14.9. The standard InChI is InChI=1S/C14H14F3N3O/c15-14(16,17)11-2-1-3-12(4-11)21-13-7-19-20(9-13)8-10-5-18-6-10/h1-4,7,9-10,18H,5-6,8H2. The van der Waals surface area contributed by atoms with Gasteiger partial charge in [0, 0.05) is 25.6 Å². The number of halogens is 3. The highest BCUT2D eigenvalue weighted by molar-refractivity contribution is 5.33. The molecule has 0 saturated carbocycles. The molecule has 7 heteroatoms. The Morgan fingerprint density at radius 2 is 2.10 bits per heavy atom. The number of ether oxygens (including phenoxy) is 1. The number of rotatable bonds is 4. The first kappa shape index (κ1) is 13.9. The number of nitrogens with zero attached hydrogens (tertiary/aromatic N) is 2. The molecule has 1 aromatic heterocycles. The van der Waals surface area contributed by atoms with Crippen molar-refractivity contribution in [2.45, 2.75) is 12.7 Å². The van der Waals surface area contributed by atoms with E-state index < -0.39 is 11.7 Å². The molecule has 1 N–H and O–H groups in total. The zero-order valence-corrected chi connectivity index (χ0v) is 11.1. The second-order valence-corrected chi connectivity index (χ2v) is 5.05. The fourth-order valence-corrected chi connectivity index (χ4v) is 2.11. The zero-order valence-electron chi connectivity index (χ0n) is 11.1. The molecular weight excluding hydrogens is 283 g/mol. The summed E-state index contributed by atoms with van der Waals surface area (Å²) >= 11 is 0. The van der Waals surface area contributed by atoms with Crippen molar-refractivity contribution in [2.24, 2.45) is 5.92 Å². The van der Waals surface area contributed by atoms with Crippen LogP contribution in [0.5, 0.6) is 11.5 Å². The predicted molar refractivity (Wildman–Crippen MR) is 70.1 cm³/mol. The van der Waals surface area contributed by atoms with Gasteiger partial charge in [-0.3, -0.25) is 4.68 Å². The summed E-state index contributed by atoms with van der Waals surface area (Å²) in [4.78, 5) is 0. The lowest BCUT2D eigenvalue weighted by atomic mass is 10.0. The molecule has 3 rings (SSSR count). The molecular formula is C14H14F3N3O. The Hall–Kier alpha value is -2.02. The van der Waals surface area contributed by atoms with Crippen LogP contribution in [0.15, 0.2) is 36.7 Å². The topological polar surface area (TPSA) is 39.1 Å². The first-order valence-electron chi connectivity index (χ1n) is 6.59. The van der Waals surface area contributed by atoms with Gasteiger partial charge in [-0.05, 0) is 18.2 Å². The maximum atomic E-state index is 12.6. The van der Waals surface area contributed by atoms with Gasteiger partial charge in [-0.25, -0.2) is 0 Å². The summed E-state index contributed by atoms with van der Waals surface area (Å²) in [6.07, 6.45) is -1.17. The fourth-order valence-electron chi connectivity index (χ4n) is 2.11. The van der Waals surface area contributed by atoms with Crippen molar-refractivity contribution >= 4 is 0 Å². The third kappa shape index (κ3) is 3.36. The Labute approximate surface area is 119 Å². The van der Waals surface area contributed by atoms with Gasteiger partial charge in [-0.15, -0.1) is 0 Å². The second-order valence-electron chi connectivity index (χ2n) is 5.05. The minimum atomic E-state index is -4.37. The molecule has 0 atom stereocenters. The van der Waals surface area contributed by atoms with E-state index in [9.17, 15) is 13.2 Å². The molecule has 4 nitrogen and oxygen atoms in total. The minimum Gasteiger partial charge on any atom is -0.454 e. The third-order valence-electron chi connectivity index (χ3n) is 3.32. The van der Waals surface area contributed by atoms with E-state index in [4.69, 9.17) is 4.74 Å². The van der Waals surface area contributed by atoms with Crippen LogP contribution in [0.2, 0.25) is 0 Å². The molecule has 0 spiro atoms. The van der Waals surface area contributed by atoms with Crippen LogP contribution in [0.1, 0.15) is 5.56 Å². The quantitative estimate of drug-likeness (QED) is 0.943. The maximum Gasteiger partial charge on any atom is 0.416 e. The molecule has 2 heterocycles. The number of alkyl halides is 3. The van der Waals surface area contributed by atoms with Gasteiger partial charge in [-0.2, -0.15) is 18.3 Å². The summed E-state index contributed by atoms with van der Waals surface area (Å²) in [5.41, 5.74) is -0.729. The van der Waals surface area contributed by atoms with E-state index in [1.54, 1.807) is 10.9 Å².